The zero-order valence-electron chi connectivity index (χ0n) is 14.6. The third-order valence-electron chi connectivity index (χ3n) is 3.96. The number of nitrogens with one attached hydrogen (secondary N) is 1. The molecule has 0 fully saturated rings. The van der Waals surface area contributed by atoms with Crippen LogP contribution in [0.3, 0.4) is 0 Å². The van der Waals surface area contributed by atoms with Crippen LogP contribution >= 0.6 is 11.6 Å². The predicted octanol–water partition coefficient (Wildman–Crippen LogP) is 4.69. The molecule has 0 aliphatic heterocycles. The highest BCUT2D eigenvalue weighted by Gasteiger charge is 2.37. The number of rotatable bonds is 5. The molecule has 0 radical (unpaired) electrons. The van der Waals surface area contributed by atoms with Crippen molar-refractivity contribution in [2.75, 3.05) is 5.32 Å². The van der Waals surface area contributed by atoms with Crippen LogP contribution < -0.4 is 5.32 Å². The molecule has 0 bridgehead atoms. The van der Waals surface area contributed by atoms with Gasteiger partial charge in [0, 0.05) is 42.1 Å². The van der Waals surface area contributed by atoms with Crippen LogP contribution in [0, 0.1) is 17.5 Å². The lowest BCUT2D eigenvalue weighted by Crippen LogP contribution is -2.34. The summed E-state index contributed by atoms with van der Waals surface area (Å²) in [6, 6.07) is 0.383. The zero-order chi connectivity index (χ0) is 21.3. The summed E-state index contributed by atoms with van der Waals surface area (Å²) in [5.41, 5.74) is -0.783. The Kier molecular flexibility index (Phi) is 5.69. The van der Waals surface area contributed by atoms with Gasteiger partial charge in [0.2, 0.25) is 0 Å². The lowest BCUT2D eigenvalue weighted by Gasteiger charge is -2.21. The molecule has 0 aliphatic rings. The Balaban J connectivity index is 2.10. The molecule has 0 spiro atoms. The minimum absolute atomic E-state index is 0.152. The van der Waals surface area contributed by atoms with Crippen molar-refractivity contribution >= 4 is 17.4 Å². The Morgan fingerprint density at radius 1 is 1.10 bits per heavy atom. The zero-order valence-corrected chi connectivity index (χ0v) is 15.4. The molecule has 1 aromatic carbocycles. The normalized spacial score (nSPS) is 12.8. The number of alkyl halides is 3. The van der Waals surface area contributed by atoms with Gasteiger partial charge in [0.1, 0.15) is 34.5 Å². The highest BCUT2D eigenvalue weighted by Crippen LogP contribution is 2.30. The number of hydrogen-bond acceptors (Lipinski definition) is 4. The number of halogens is 7. The molecule has 2 heterocycles. The van der Waals surface area contributed by atoms with Crippen molar-refractivity contribution in [3.8, 4) is 5.95 Å². The molecule has 0 amide bonds. The summed E-state index contributed by atoms with van der Waals surface area (Å²) in [7, 11) is 0. The fourth-order valence-corrected chi connectivity index (χ4v) is 2.65. The first-order valence-electron chi connectivity index (χ1n) is 8.09. The van der Waals surface area contributed by atoms with E-state index in [0.717, 1.165) is 11.6 Å². The topological polar surface area (TPSA) is 55.6 Å². The SMILES string of the molecule is C[C@H](Nc1nc(-n2cccn2)nc(Cl)c1Cc1c(F)cc(F)cc1F)C(F)(F)F. The van der Waals surface area contributed by atoms with E-state index in [1.165, 1.54) is 18.5 Å². The van der Waals surface area contributed by atoms with E-state index in [4.69, 9.17) is 11.6 Å². The maximum Gasteiger partial charge on any atom is 0.408 e. The number of anilines is 1. The Bertz CT molecular complexity index is 999. The molecule has 154 valence electrons. The fourth-order valence-electron chi connectivity index (χ4n) is 2.42. The van der Waals surface area contributed by atoms with Crippen LogP contribution in [0.2, 0.25) is 5.15 Å². The van der Waals surface area contributed by atoms with Crippen molar-refractivity contribution in [3.05, 3.63) is 64.3 Å². The fraction of sp³-hybridized carbons (Fsp3) is 0.235. The standard InChI is InChI=1S/C17H12ClF6N5/c1-8(17(22,23)24)26-15-11(7-10-12(20)5-9(19)6-13(10)21)14(18)27-16(28-15)29-4-2-3-25-29/h2-6,8H,7H2,1H3,(H,26,27,28)/t8-/m0/s1. The summed E-state index contributed by atoms with van der Waals surface area (Å²) in [5, 5.41) is 5.67. The van der Waals surface area contributed by atoms with Crippen molar-refractivity contribution < 1.29 is 26.3 Å². The third-order valence-corrected chi connectivity index (χ3v) is 4.27. The summed E-state index contributed by atoms with van der Waals surface area (Å²) >= 11 is 6.10. The first-order chi connectivity index (χ1) is 13.6. The van der Waals surface area contributed by atoms with Crippen molar-refractivity contribution in [1.82, 2.24) is 19.7 Å². The van der Waals surface area contributed by atoms with Gasteiger partial charge in [0.05, 0.1) is 0 Å². The molecular weight excluding hydrogens is 424 g/mol. The second kappa shape index (κ2) is 7.90. The second-order valence-corrected chi connectivity index (χ2v) is 6.38. The van der Waals surface area contributed by atoms with E-state index in [9.17, 15) is 26.3 Å². The van der Waals surface area contributed by atoms with Gasteiger partial charge in [-0.25, -0.2) is 17.9 Å². The Morgan fingerprint density at radius 2 is 1.76 bits per heavy atom. The van der Waals surface area contributed by atoms with Crippen LogP contribution in [-0.2, 0) is 6.42 Å². The van der Waals surface area contributed by atoms with E-state index in [2.05, 4.69) is 20.4 Å². The molecule has 0 aliphatic carbocycles. The molecule has 1 N–H and O–H groups in total. The molecule has 0 unspecified atom stereocenters. The summed E-state index contributed by atoms with van der Waals surface area (Å²) < 4.78 is 81.4. The van der Waals surface area contributed by atoms with Crippen molar-refractivity contribution in [1.29, 1.82) is 0 Å². The third kappa shape index (κ3) is 4.61. The molecule has 1 atom stereocenters. The quantitative estimate of drug-likeness (QED) is 0.467. The lowest BCUT2D eigenvalue weighted by atomic mass is 10.0. The average Bonchev–Trinajstić information content (AvgIpc) is 3.13. The van der Waals surface area contributed by atoms with Crippen molar-refractivity contribution in [2.45, 2.75) is 25.6 Å². The molecular formula is C17H12ClF6N5. The van der Waals surface area contributed by atoms with Gasteiger partial charge in [0.25, 0.3) is 5.95 Å². The van der Waals surface area contributed by atoms with E-state index < -0.39 is 41.7 Å². The van der Waals surface area contributed by atoms with Gasteiger partial charge < -0.3 is 5.32 Å². The van der Waals surface area contributed by atoms with E-state index in [0.29, 0.717) is 12.1 Å². The van der Waals surface area contributed by atoms with E-state index in [1.54, 1.807) is 0 Å². The van der Waals surface area contributed by atoms with Gasteiger partial charge >= 0.3 is 6.18 Å². The average molecular weight is 436 g/mol. The predicted molar refractivity (Wildman–Crippen MR) is 92.4 cm³/mol. The van der Waals surface area contributed by atoms with Crippen LogP contribution in [0.25, 0.3) is 5.95 Å². The van der Waals surface area contributed by atoms with Crippen molar-refractivity contribution in [3.63, 3.8) is 0 Å². The largest absolute Gasteiger partial charge is 0.408 e. The van der Waals surface area contributed by atoms with Gasteiger partial charge in [-0.2, -0.15) is 28.2 Å². The summed E-state index contributed by atoms with van der Waals surface area (Å²) in [4.78, 5) is 7.91. The Hall–Kier alpha value is -2.82. The van der Waals surface area contributed by atoms with Gasteiger partial charge in [-0.3, -0.25) is 0 Å². The molecule has 0 saturated heterocycles. The Labute approximate surface area is 165 Å². The summed E-state index contributed by atoms with van der Waals surface area (Å²) in [6.45, 7) is 0.840. The van der Waals surface area contributed by atoms with Crippen LogP contribution in [0.1, 0.15) is 18.1 Å². The maximum absolute atomic E-state index is 14.0. The van der Waals surface area contributed by atoms with Crippen molar-refractivity contribution in [2.24, 2.45) is 0 Å². The smallest absolute Gasteiger partial charge is 0.358 e. The maximum atomic E-state index is 14.0. The van der Waals surface area contributed by atoms with E-state index >= 15 is 0 Å². The molecule has 0 saturated carbocycles. The van der Waals surface area contributed by atoms with Gasteiger partial charge in [-0.15, -0.1) is 0 Å². The van der Waals surface area contributed by atoms with E-state index in [-0.39, 0.29) is 22.5 Å². The molecule has 2 aromatic heterocycles. The first kappa shape index (κ1) is 20.9. The number of hydrogen-bond donors (Lipinski definition) is 1. The molecule has 5 nitrogen and oxygen atoms in total. The molecule has 3 aromatic rings. The van der Waals surface area contributed by atoms with Crippen LogP contribution in [0.5, 0.6) is 0 Å². The number of benzene rings is 1. The molecule has 29 heavy (non-hydrogen) atoms. The molecule has 12 heteroatoms. The highest BCUT2D eigenvalue weighted by molar-refractivity contribution is 6.30. The molecule has 3 rings (SSSR count). The number of aromatic nitrogens is 4. The minimum atomic E-state index is -4.63. The van der Waals surface area contributed by atoms with Crippen LogP contribution in [0.15, 0.2) is 30.6 Å². The minimum Gasteiger partial charge on any atom is -0.358 e. The summed E-state index contributed by atoms with van der Waals surface area (Å²) in [5.74, 6) is -4.11. The van der Waals surface area contributed by atoms with Gasteiger partial charge in [-0.05, 0) is 13.0 Å². The Morgan fingerprint density at radius 3 is 2.31 bits per heavy atom. The highest BCUT2D eigenvalue weighted by atomic mass is 35.5. The van der Waals surface area contributed by atoms with Crippen LogP contribution in [-0.4, -0.2) is 32.0 Å². The lowest BCUT2D eigenvalue weighted by molar-refractivity contribution is -0.138. The van der Waals surface area contributed by atoms with Crippen LogP contribution in [0.4, 0.5) is 32.2 Å². The van der Waals surface area contributed by atoms with Gasteiger partial charge in [0.15, 0.2) is 0 Å². The van der Waals surface area contributed by atoms with Gasteiger partial charge in [-0.1, -0.05) is 11.6 Å². The second-order valence-electron chi connectivity index (χ2n) is 6.02. The number of nitrogens with zero attached hydrogens (tertiary/aromatic N) is 4. The first-order valence-corrected chi connectivity index (χ1v) is 8.47. The summed E-state index contributed by atoms with van der Waals surface area (Å²) in [6.07, 6.45) is -2.42. The van der Waals surface area contributed by atoms with E-state index in [1.807, 2.05) is 0 Å². The monoisotopic (exact) mass is 435 g/mol.